The van der Waals surface area contributed by atoms with Crippen molar-refractivity contribution in [3.63, 3.8) is 0 Å². The fourth-order valence-corrected chi connectivity index (χ4v) is 6.51. The summed E-state index contributed by atoms with van der Waals surface area (Å²) < 4.78 is 31.4. The lowest BCUT2D eigenvalue weighted by Gasteiger charge is -2.23. The highest BCUT2D eigenvalue weighted by Crippen LogP contribution is 2.38. The number of fused-ring (bicyclic) bond motifs is 1. The molecule has 190 valence electrons. The molecular weight excluding hydrogens is 496 g/mol. The summed E-state index contributed by atoms with van der Waals surface area (Å²) in [6.07, 6.45) is 4.96. The largest absolute Gasteiger partial charge is 0.465 e. The van der Waals surface area contributed by atoms with Crippen LogP contribution < -0.4 is 9.62 Å². The third-order valence-electron chi connectivity index (χ3n) is 6.51. The first-order chi connectivity index (χ1) is 17.1. The van der Waals surface area contributed by atoms with Crippen molar-refractivity contribution in [2.45, 2.75) is 46.1 Å². The normalized spacial score (nSPS) is 13.1. The molecule has 1 heterocycles. The second kappa shape index (κ2) is 10.4. The minimum atomic E-state index is -3.52. The standard InChI is InChI=1S/C27H30N2O5S2/c1-17-9-14-21(15-18(17)2)29(36(4,32)33)16-19-10-12-20(13-11-19)25(30)28-26-24(27(31)34-3)22-7-5-6-8-23(22)35-26/h9-15H,5-8,16H2,1-4H3,(H,28,30). The number of thiophene rings is 1. The number of rotatable bonds is 7. The van der Waals surface area contributed by atoms with Crippen LogP contribution in [0.4, 0.5) is 10.7 Å². The molecule has 7 nitrogen and oxygen atoms in total. The van der Waals surface area contributed by atoms with Crippen molar-refractivity contribution in [2.75, 3.05) is 23.0 Å². The molecule has 1 aromatic heterocycles. The third kappa shape index (κ3) is 5.47. The van der Waals surface area contributed by atoms with Crippen LogP contribution >= 0.6 is 11.3 Å². The van der Waals surface area contributed by atoms with Gasteiger partial charge in [0.15, 0.2) is 0 Å². The first-order valence-corrected chi connectivity index (χ1v) is 14.4. The Kier molecular flexibility index (Phi) is 7.51. The van der Waals surface area contributed by atoms with Crippen LogP contribution in [0.25, 0.3) is 0 Å². The molecule has 36 heavy (non-hydrogen) atoms. The van der Waals surface area contributed by atoms with E-state index in [-0.39, 0.29) is 12.5 Å². The summed E-state index contributed by atoms with van der Waals surface area (Å²) in [5, 5.41) is 3.41. The number of sulfonamides is 1. The van der Waals surface area contributed by atoms with Crippen molar-refractivity contribution in [2.24, 2.45) is 0 Å². The molecule has 1 aliphatic carbocycles. The van der Waals surface area contributed by atoms with E-state index in [1.54, 1.807) is 30.3 Å². The number of aryl methyl sites for hydroxylation is 3. The molecule has 0 saturated heterocycles. The number of carbonyl (C=O) groups is 2. The number of carbonyl (C=O) groups excluding carboxylic acids is 2. The quantitative estimate of drug-likeness (QED) is 0.425. The van der Waals surface area contributed by atoms with Crippen LogP contribution in [0.3, 0.4) is 0 Å². The molecule has 0 atom stereocenters. The average molecular weight is 527 g/mol. The Morgan fingerprint density at radius 3 is 2.36 bits per heavy atom. The van der Waals surface area contributed by atoms with Gasteiger partial charge in [0.2, 0.25) is 10.0 Å². The number of hydrogen-bond donors (Lipinski definition) is 1. The number of benzene rings is 2. The smallest absolute Gasteiger partial charge is 0.341 e. The zero-order valence-corrected chi connectivity index (χ0v) is 22.5. The fraction of sp³-hybridized carbons (Fsp3) is 0.333. The number of nitrogens with one attached hydrogen (secondary N) is 1. The number of esters is 1. The van der Waals surface area contributed by atoms with Gasteiger partial charge in [-0.25, -0.2) is 13.2 Å². The molecule has 0 unspecified atom stereocenters. The molecule has 1 aliphatic rings. The van der Waals surface area contributed by atoms with Gasteiger partial charge >= 0.3 is 5.97 Å². The molecular formula is C27H30N2O5S2. The average Bonchev–Trinajstić information content (AvgIpc) is 3.21. The summed E-state index contributed by atoms with van der Waals surface area (Å²) >= 11 is 1.44. The van der Waals surface area contributed by atoms with E-state index in [0.29, 0.717) is 21.8 Å². The van der Waals surface area contributed by atoms with Crippen molar-refractivity contribution in [3.05, 3.63) is 80.7 Å². The topological polar surface area (TPSA) is 92.8 Å². The minimum absolute atomic E-state index is 0.146. The van der Waals surface area contributed by atoms with Crippen LogP contribution in [0.15, 0.2) is 42.5 Å². The number of nitrogens with zero attached hydrogens (tertiary/aromatic N) is 1. The highest BCUT2D eigenvalue weighted by atomic mass is 32.2. The Morgan fingerprint density at radius 1 is 1.03 bits per heavy atom. The Labute approximate surface area is 216 Å². The maximum atomic E-state index is 13.0. The number of ether oxygens (including phenoxy) is 1. The van der Waals surface area contributed by atoms with Gasteiger partial charge in [0.05, 0.1) is 31.2 Å². The molecule has 0 bridgehead atoms. The van der Waals surface area contributed by atoms with Gasteiger partial charge in [-0.3, -0.25) is 9.10 Å². The van der Waals surface area contributed by atoms with Crippen molar-refractivity contribution >= 4 is 43.9 Å². The summed E-state index contributed by atoms with van der Waals surface area (Å²) in [6.45, 7) is 4.07. The van der Waals surface area contributed by atoms with E-state index in [4.69, 9.17) is 4.74 Å². The maximum Gasteiger partial charge on any atom is 0.341 e. The molecule has 0 spiro atoms. The second-order valence-corrected chi connectivity index (χ2v) is 12.1. The molecule has 1 N–H and O–H groups in total. The Hall–Kier alpha value is -3.17. The van der Waals surface area contributed by atoms with E-state index in [2.05, 4.69) is 5.32 Å². The molecule has 0 radical (unpaired) electrons. The van der Waals surface area contributed by atoms with Gasteiger partial charge in [-0.05, 0) is 86.1 Å². The zero-order valence-electron chi connectivity index (χ0n) is 20.9. The minimum Gasteiger partial charge on any atom is -0.465 e. The lowest BCUT2D eigenvalue weighted by Crippen LogP contribution is -2.29. The van der Waals surface area contributed by atoms with Crippen molar-refractivity contribution in [1.29, 1.82) is 0 Å². The van der Waals surface area contributed by atoms with E-state index >= 15 is 0 Å². The van der Waals surface area contributed by atoms with E-state index in [1.807, 2.05) is 26.0 Å². The Bertz CT molecular complexity index is 1410. The van der Waals surface area contributed by atoms with Crippen LogP contribution in [-0.2, 0) is 34.1 Å². The molecule has 1 amide bonds. The van der Waals surface area contributed by atoms with Crippen LogP contribution in [0.1, 0.15) is 60.7 Å². The van der Waals surface area contributed by atoms with E-state index in [1.165, 1.54) is 29.0 Å². The van der Waals surface area contributed by atoms with Gasteiger partial charge in [-0.2, -0.15) is 0 Å². The summed E-state index contributed by atoms with van der Waals surface area (Å²) in [5.74, 6) is -0.772. The van der Waals surface area contributed by atoms with Gasteiger partial charge < -0.3 is 10.1 Å². The van der Waals surface area contributed by atoms with E-state index in [0.717, 1.165) is 52.8 Å². The molecule has 9 heteroatoms. The monoisotopic (exact) mass is 526 g/mol. The molecule has 0 aliphatic heterocycles. The summed E-state index contributed by atoms with van der Waals surface area (Å²) in [5.41, 5.74) is 5.30. The van der Waals surface area contributed by atoms with Gasteiger partial charge in [0.1, 0.15) is 5.00 Å². The fourth-order valence-electron chi connectivity index (χ4n) is 4.36. The number of amides is 1. The van der Waals surface area contributed by atoms with Crippen LogP contribution in [0.2, 0.25) is 0 Å². The first kappa shape index (κ1) is 25.9. The lowest BCUT2D eigenvalue weighted by molar-refractivity contribution is 0.0601. The molecule has 3 aromatic rings. The molecule has 4 rings (SSSR count). The number of hydrogen-bond acceptors (Lipinski definition) is 6. The van der Waals surface area contributed by atoms with E-state index in [9.17, 15) is 18.0 Å². The highest BCUT2D eigenvalue weighted by Gasteiger charge is 2.27. The van der Waals surface area contributed by atoms with Crippen LogP contribution in [0, 0.1) is 13.8 Å². The zero-order chi connectivity index (χ0) is 26.0. The molecule has 2 aromatic carbocycles. The SMILES string of the molecule is COC(=O)c1c(NC(=O)c2ccc(CN(c3ccc(C)c(C)c3)S(C)(=O)=O)cc2)sc2c1CCCC2. The predicted octanol–water partition coefficient (Wildman–Crippen LogP) is 5.25. The molecule has 0 fully saturated rings. The Morgan fingerprint density at radius 2 is 1.72 bits per heavy atom. The van der Waals surface area contributed by atoms with Gasteiger partial charge in [-0.15, -0.1) is 11.3 Å². The van der Waals surface area contributed by atoms with Gasteiger partial charge in [0, 0.05) is 10.4 Å². The summed E-state index contributed by atoms with van der Waals surface area (Å²) in [6, 6.07) is 12.4. The third-order valence-corrected chi connectivity index (χ3v) is 8.86. The first-order valence-electron chi connectivity index (χ1n) is 11.8. The van der Waals surface area contributed by atoms with Crippen LogP contribution in [0.5, 0.6) is 0 Å². The van der Waals surface area contributed by atoms with Gasteiger partial charge in [-0.1, -0.05) is 18.2 Å². The van der Waals surface area contributed by atoms with Gasteiger partial charge in [0.25, 0.3) is 5.91 Å². The summed E-state index contributed by atoms with van der Waals surface area (Å²) in [7, 11) is -2.17. The predicted molar refractivity (Wildman–Crippen MR) is 144 cm³/mol. The number of anilines is 2. The van der Waals surface area contributed by atoms with Crippen LogP contribution in [-0.4, -0.2) is 33.7 Å². The lowest BCUT2D eigenvalue weighted by atomic mass is 9.95. The maximum absolute atomic E-state index is 13.0. The van der Waals surface area contributed by atoms with Crippen molar-refractivity contribution in [3.8, 4) is 0 Å². The Balaban J connectivity index is 1.54. The van der Waals surface area contributed by atoms with Crippen molar-refractivity contribution < 1.29 is 22.7 Å². The van der Waals surface area contributed by atoms with E-state index < -0.39 is 16.0 Å². The highest BCUT2D eigenvalue weighted by molar-refractivity contribution is 7.92. The number of methoxy groups -OCH3 is 1. The van der Waals surface area contributed by atoms with Crippen molar-refractivity contribution in [1.82, 2.24) is 0 Å². The second-order valence-electron chi connectivity index (χ2n) is 9.10. The molecule has 0 saturated carbocycles. The summed E-state index contributed by atoms with van der Waals surface area (Å²) in [4.78, 5) is 26.6.